The maximum absolute atomic E-state index is 14.1. The first kappa shape index (κ1) is 14.7. The molecule has 1 aliphatic heterocycles. The highest BCUT2D eigenvalue weighted by Crippen LogP contribution is 2.21. The van der Waals surface area contributed by atoms with E-state index in [1.54, 1.807) is 31.1 Å². The van der Waals surface area contributed by atoms with Gasteiger partial charge in [0.25, 0.3) is 5.91 Å². The SMILES string of the molecule is C=Cc1cc(C)c(C(=O)N2CCC(OC)CC2)c(F)c1. The quantitative estimate of drug-likeness (QED) is 0.850. The molecule has 0 radical (unpaired) electrons. The van der Waals surface area contributed by atoms with E-state index in [9.17, 15) is 9.18 Å². The highest BCUT2D eigenvalue weighted by atomic mass is 19.1. The van der Waals surface area contributed by atoms with Crippen molar-refractivity contribution in [3.8, 4) is 0 Å². The van der Waals surface area contributed by atoms with Gasteiger partial charge in [0.2, 0.25) is 0 Å². The predicted octanol–water partition coefficient (Wildman–Crippen LogP) is 3.03. The first-order chi connectivity index (χ1) is 9.56. The third kappa shape index (κ3) is 2.90. The Bertz CT molecular complexity index is 496. The molecule has 1 aromatic rings. The molecule has 0 aliphatic carbocycles. The third-order valence-electron chi connectivity index (χ3n) is 3.82. The minimum Gasteiger partial charge on any atom is -0.381 e. The molecular formula is C16H20FNO2. The van der Waals surface area contributed by atoms with Crippen molar-refractivity contribution in [3.63, 3.8) is 0 Å². The van der Waals surface area contributed by atoms with Crippen LogP contribution in [0.15, 0.2) is 18.7 Å². The third-order valence-corrected chi connectivity index (χ3v) is 3.82. The maximum atomic E-state index is 14.1. The Labute approximate surface area is 119 Å². The second kappa shape index (κ2) is 6.18. The Morgan fingerprint density at radius 3 is 2.60 bits per heavy atom. The van der Waals surface area contributed by atoms with Crippen LogP contribution < -0.4 is 0 Å². The molecule has 4 heteroatoms. The summed E-state index contributed by atoms with van der Waals surface area (Å²) in [7, 11) is 1.68. The molecule has 0 spiro atoms. The molecule has 3 nitrogen and oxygen atoms in total. The molecule has 108 valence electrons. The molecule has 1 aliphatic rings. The van der Waals surface area contributed by atoms with Crippen LogP contribution in [0.25, 0.3) is 6.08 Å². The summed E-state index contributed by atoms with van der Waals surface area (Å²) < 4.78 is 19.4. The number of carbonyl (C=O) groups excluding carboxylic acids is 1. The minimum atomic E-state index is -0.473. The van der Waals surface area contributed by atoms with Crippen molar-refractivity contribution < 1.29 is 13.9 Å². The van der Waals surface area contributed by atoms with Gasteiger partial charge in [-0.3, -0.25) is 4.79 Å². The lowest BCUT2D eigenvalue weighted by Gasteiger charge is -2.31. The fourth-order valence-corrected chi connectivity index (χ4v) is 2.61. The molecule has 1 aromatic carbocycles. The van der Waals surface area contributed by atoms with Crippen molar-refractivity contribution in [1.29, 1.82) is 0 Å². The van der Waals surface area contributed by atoms with Crippen molar-refractivity contribution in [1.82, 2.24) is 4.90 Å². The number of ether oxygens (including phenoxy) is 1. The lowest BCUT2D eigenvalue weighted by Crippen LogP contribution is -2.41. The molecule has 1 amide bonds. The van der Waals surface area contributed by atoms with Crippen LogP contribution in [-0.2, 0) is 4.74 Å². The molecule has 0 saturated carbocycles. The summed E-state index contributed by atoms with van der Waals surface area (Å²) in [5.74, 6) is -0.705. The van der Waals surface area contributed by atoms with Gasteiger partial charge in [-0.1, -0.05) is 18.7 Å². The lowest BCUT2D eigenvalue weighted by molar-refractivity contribution is 0.0348. The van der Waals surface area contributed by atoms with Gasteiger partial charge in [-0.05, 0) is 37.0 Å². The van der Waals surface area contributed by atoms with Crippen LogP contribution in [0.1, 0.15) is 34.3 Å². The molecule has 2 rings (SSSR count). The molecule has 0 atom stereocenters. The molecular weight excluding hydrogens is 257 g/mol. The van der Waals surface area contributed by atoms with Crippen LogP contribution in [0.4, 0.5) is 4.39 Å². The Balaban J connectivity index is 2.20. The molecule has 0 bridgehead atoms. The molecule has 1 fully saturated rings. The Kier molecular flexibility index (Phi) is 4.55. The highest BCUT2D eigenvalue weighted by Gasteiger charge is 2.26. The number of hydrogen-bond donors (Lipinski definition) is 0. The first-order valence-electron chi connectivity index (χ1n) is 6.81. The molecule has 0 unspecified atom stereocenters. The van der Waals surface area contributed by atoms with Crippen molar-refractivity contribution in [2.45, 2.75) is 25.9 Å². The summed E-state index contributed by atoms with van der Waals surface area (Å²) in [6.45, 7) is 6.60. The van der Waals surface area contributed by atoms with E-state index in [1.807, 2.05) is 0 Å². The van der Waals surface area contributed by atoms with Gasteiger partial charge in [-0.2, -0.15) is 0 Å². The van der Waals surface area contributed by atoms with Gasteiger partial charge in [0, 0.05) is 20.2 Å². The van der Waals surface area contributed by atoms with Crippen molar-refractivity contribution in [2.24, 2.45) is 0 Å². The van der Waals surface area contributed by atoms with Crippen LogP contribution in [0.5, 0.6) is 0 Å². The second-order valence-corrected chi connectivity index (χ2v) is 5.13. The number of amides is 1. The number of benzene rings is 1. The van der Waals surface area contributed by atoms with Gasteiger partial charge in [0.05, 0.1) is 11.7 Å². The van der Waals surface area contributed by atoms with E-state index in [1.165, 1.54) is 6.07 Å². The number of likely N-dealkylation sites (tertiary alicyclic amines) is 1. The molecule has 1 heterocycles. The van der Waals surface area contributed by atoms with Crippen molar-refractivity contribution in [2.75, 3.05) is 20.2 Å². The zero-order valence-corrected chi connectivity index (χ0v) is 12.0. The topological polar surface area (TPSA) is 29.5 Å². The summed E-state index contributed by atoms with van der Waals surface area (Å²) >= 11 is 0. The minimum absolute atomic E-state index is 0.173. The highest BCUT2D eigenvalue weighted by molar-refractivity contribution is 5.96. The number of piperidine rings is 1. The van der Waals surface area contributed by atoms with E-state index >= 15 is 0 Å². The molecule has 20 heavy (non-hydrogen) atoms. The zero-order chi connectivity index (χ0) is 14.7. The van der Waals surface area contributed by atoms with E-state index in [-0.39, 0.29) is 17.6 Å². The number of aryl methyl sites for hydroxylation is 1. The second-order valence-electron chi connectivity index (χ2n) is 5.13. The van der Waals surface area contributed by atoms with Gasteiger partial charge < -0.3 is 9.64 Å². The summed E-state index contributed by atoms with van der Waals surface area (Å²) in [6, 6.07) is 3.14. The van der Waals surface area contributed by atoms with Gasteiger partial charge in [0.15, 0.2) is 0 Å². The monoisotopic (exact) mass is 277 g/mol. The first-order valence-corrected chi connectivity index (χ1v) is 6.81. The van der Waals surface area contributed by atoms with Crippen LogP contribution >= 0.6 is 0 Å². The van der Waals surface area contributed by atoms with Crippen molar-refractivity contribution >= 4 is 12.0 Å². The maximum Gasteiger partial charge on any atom is 0.257 e. The van der Waals surface area contributed by atoms with Gasteiger partial charge in [-0.25, -0.2) is 4.39 Å². The average Bonchev–Trinajstić information content (AvgIpc) is 2.46. The largest absolute Gasteiger partial charge is 0.381 e. The summed E-state index contributed by atoms with van der Waals surface area (Å²) in [4.78, 5) is 14.2. The number of rotatable bonds is 3. The summed E-state index contributed by atoms with van der Waals surface area (Å²) in [5.41, 5.74) is 1.51. The van der Waals surface area contributed by atoms with E-state index < -0.39 is 5.82 Å². The Hall–Kier alpha value is -1.68. The summed E-state index contributed by atoms with van der Waals surface area (Å²) in [6.07, 6.45) is 3.38. The molecule has 0 N–H and O–H groups in total. The fraction of sp³-hybridized carbons (Fsp3) is 0.438. The van der Waals surface area contributed by atoms with Gasteiger partial charge in [0.1, 0.15) is 5.82 Å². The number of halogens is 1. The molecule has 1 saturated heterocycles. The fourth-order valence-electron chi connectivity index (χ4n) is 2.61. The van der Waals surface area contributed by atoms with Crippen LogP contribution in [0.2, 0.25) is 0 Å². The van der Waals surface area contributed by atoms with Gasteiger partial charge in [-0.15, -0.1) is 0 Å². The van der Waals surface area contributed by atoms with E-state index in [2.05, 4.69) is 6.58 Å². The normalized spacial score (nSPS) is 16.2. The number of carbonyl (C=O) groups is 1. The van der Waals surface area contributed by atoms with E-state index in [0.29, 0.717) is 24.2 Å². The zero-order valence-electron chi connectivity index (χ0n) is 12.0. The van der Waals surface area contributed by atoms with Crippen LogP contribution in [-0.4, -0.2) is 37.1 Å². The number of nitrogens with zero attached hydrogens (tertiary/aromatic N) is 1. The summed E-state index contributed by atoms with van der Waals surface area (Å²) in [5, 5.41) is 0. The average molecular weight is 277 g/mol. The van der Waals surface area contributed by atoms with Crippen LogP contribution in [0.3, 0.4) is 0 Å². The number of methoxy groups -OCH3 is 1. The molecule has 0 aromatic heterocycles. The van der Waals surface area contributed by atoms with Crippen molar-refractivity contribution in [3.05, 3.63) is 41.2 Å². The standard InChI is InChI=1S/C16H20FNO2/c1-4-12-9-11(2)15(14(17)10-12)16(19)18-7-5-13(20-3)6-8-18/h4,9-10,13H,1,5-8H2,2-3H3. The number of hydrogen-bond acceptors (Lipinski definition) is 2. The van der Waals surface area contributed by atoms with E-state index in [4.69, 9.17) is 4.74 Å². The Morgan fingerprint density at radius 1 is 1.45 bits per heavy atom. The predicted molar refractivity (Wildman–Crippen MR) is 77.2 cm³/mol. The Morgan fingerprint density at radius 2 is 2.10 bits per heavy atom. The lowest BCUT2D eigenvalue weighted by atomic mass is 10.0. The van der Waals surface area contributed by atoms with Gasteiger partial charge >= 0.3 is 0 Å². The van der Waals surface area contributed by atoms with Crippen LogP contribution in [0, 0.1) is 12.7 Å². The smallest absolute Gasteiger partial charge is 0.257 e. The van der Waals surface area contributed by atoms with E-state index in [0.717, 1.165) is 12.8 Å².